The number of anilines is 1. The van der Waals surface area contributed by atoms with Crippen LogP contribution in [0.25, 0.3) is 5.76 Å². The highest BCUT2D eigenvalue weighted by atomic mass is 32.1. The number of fused-ring (bicyclic) bond motifs is 1. The Morgan fingerprint density at radius 2 is 1.96 bits per heavy atom. The van der Waals surface area contributed by atoms with Crippen molar-refractivity contribution >= 4 is 34.0 Å². The number of ether oxygens (including phenoxy) is 1. The molecule has 1 unspecified atom stereocenters. The van der Waals surface area contributed by atoms with Gasteiger partial charge in [-0.1, -0.05) is 30.3 Å². The van der Waals surface area contributed by atoms with Crippen molar-refractivity contribution in [2.75, 3.05) is 11.9 Å². The van der Waals surface area contributed by atoms with Crippen molar-refractivity contribution < 1.29 is 19.4 Å². The van der Waals surface area contributed by atoms with Gasteiger partial charge < -0.3 is 15.2 Å². The maximum Gasteiger partial charge on any atom is 0.341 e. The minimum atomic E-state index is -0.685. The number of carbonyl (C=O) groups excluding carboxylic acids is 2. The first kappa shape index (κ1) is 17.2. The van der Waals surface area contributed by atoms with Crippen LogP contribution in [0, 0.1) is 0 Å². The van der Waals surface area contributed by atoms with Gasteiger partial charge >= 0.3 is 5.97 Å². The molecule has 2 N–H and O–H groups in total. The zero-order chi connectivity index (χ0) is 18.2. The number of carbonyl (C=O) groups is 2. The molecule has 130 valence electrons. The van der Waals surface area contributed by atoms with Crippen LogP contribution in [0.2, 0.25) is 0 Å². The van der Waals surface area contributed by atoms with Crippen LogP contribution in [-0.4, -0.2) is 23.6 Å². The summed E-state index contributed by atoms with van der Waals surface area (Å²) >= 11 is 1.19. The lowest BCUT2D eigenvalue weighted by atomic mass is 9.77. The molecule has 0 spiro atoms. The first-order valence-corrected chi connectivity index (χ1v) is 8.79. The van der Waals surface area contributed by atoms with Crippen molar-refractivity contribution in [3.05, 3.63) is 58.0 Å². The highest BCUT2D eigenvalue weighted by Crippen LogP contribution is 2.52. The summed E-state index contributed by atoms with van der Waals surface area (Å²) in [6.45, 7) is 5.28. The Morgan fingerprint density at radius 1 is 1.28 bits per heavy atom. The number of hydrogen-bond acceptors (Lipinski definition) is 5. The summed E-state index contributed by atoms with van der Waals surface area (Å²) in [5.41, 5.74) is 1.24. The van der Waals surface area contributed by atoms with Crippen LogP contribution in [0.15, 0.2) is 36.4 Å². The molecular weight excluding hydrogens is 338 g/mol. The molecule has 1 aromatic heterocycles. The summed E-state index contributed by atoms with van der Waals surface area (Å²) in [5.74, 6) is -0.683. The fourth-order valence-corrected chi connectivity index (χ4v) is 4.44. The van der Waals surface area contributed by atoms with Gasteiger partial charge in [0.05, 0.1) is 17.0 Å². The molecule has 6 heteroatoms. The van der Waals surface area contributed by atoms with Crippen LogP contribution < -0.4 is 5.32 Å². The monoisotopic (exact) mass is 357 g/mol. The van der Waals surface area contributed by atoms with E-state index in [0.29, 0.717) is 21.0 Å². The number of allylic oxidation sites excluding steroid dienone is 1. The van der Waals surface area contributed by atoms with Crippen molar-refractivity contribution in [1.29, 1.82) is 0 Å². The highest BCUT2D eigenvalue weighted by molar-refractivity contribution is 7.18. The van der Waals surface area contributed by atoms with Gasteiger partial charge in [-0.2, -0.15) is 0 Å². The molecule has 0 saturated carbocycles. The number of benzene rings is 1. The Bertz CT molecular complexity index is 869. The van der Waals surface area contributed by atoms with E-state index in [2.05, 4.69) is 5.32 Å². The first-order valence-electron chi connectivity index (χ1n) is 7.98. The largest absolute Gasteiger partial charge is 0.507 e. The molecule has 0 radical (unpaired) electrons. The Morgan fingerprint density at radius 3 is 2.56 bits per heavy atom. The average Bonchev–Trinajstić information content (AvgIpc) is 3.05. The molecule has 0 aliphatic heterocycles. The molecular formula is C19H19NO4S. The number of esters is 1. The second-order valence-electron chi connectivity index (χ2n) is 6.01. The molecule has 1 heterocycles. The lowest BCUT2D eigenvalue weighted by molar-refractivity contribution is -0.114. The lowest BCUT2D eigenvalue weighted by Gasteiger charge is -2.25. The molecule has 0 saturated heterocycles. The molecule has 1 atom stereocenters. The summed E-state index contributed by atoms with van der Waals surface area (Å²) in [4.78, 5) is 24.8. The maximum atomic E-state index is 12.6. The normalized spacial score (nSPS) is 18.4. The second-order valence-corrected chi connectivity index (χ2v) is 7.03. The molecule has 25 heavy (non-hydrogen) atoms. The van der Waals surface area contributed by atoms with E-state index in [1.807, 2.05) is 37.3 Å². The minimum absolute atomic E-state index is 0.105. The van der Waals surface area contributed by atoms with Gasteiger partial charge in [-0.25, -0.2) is 4.79 Å². The molecule has 0 fully saturated rings. The van der Waals surface area contributed by atoms with E-state index in [4.69, 9.17) is 4.74 Å². The zero-order valence-electron chi connectivity index (χ0n) is 14.3. The van der Waals surface area contributed by atoms with Gasteiger partial charge in [0.25, 0.3) is 0 Å². The van der Waals surface area contributed by atoms with Crippen molar-refractivity contribution in [1.82, 2.24) is 0 Å². The minimum Gasteiger partial charge on any atom is -0.507 e. The number of rotatable bonds is 4. The number of thiophene rings is 1. The predicted octanol–water partition coefficient (Wildman–Crippen LogP) is 4.10. The fraction of sp³-hybridized carbons (Fsp3) is 0.263. The van der Waals surface area contributed by atoms with Gasteiger partial charge in [-0.3, -0.25) is 4.79 Å². The molecule has 1 amide bonds. The van der Waals surface area contributed by atoms with E-state index in [-0.39, 0.29) is 18.3 Å². The molecule has 5 nitrogen and oxygen atoms in total. The summed E-state index contributed by atoms with van der Waals surface area (Å²) in [5, 5.41) is 13.6. The molecule has 1 aromatic carbocycles. The number of amides is 1. The summed E-state index contributed by atoms with van der Waals surface area (Å²) < 4.78 is 5.21. The van der Waals surface area contributed by atoms with Crippen molar-refractivity contribution in [2.24, 2.45) is 0 Å². The predicted molar refractivity (Wildman–Crippen MR) is 98.1 cm³/mol. The third-order valence-corrected chi connectivity index (χ3v) is 5.36. The third kappa shape index (κ3) is 2.82. The Kier molecular flexibility index (Phi) is 4.39. The Labute approximate surface area is 149 Å². The van der Waals surface area contributed by atoms with E-state index in [1.165, 1.54) is 18.3 Å². The smallest absolute Gasteiger partial charge is 0.341 e. The van der Waals surface area contributed by atoms with Gasteiger partial charge in [-0.05, 0) is 25.5 Å². The van der Waals surface area contributed by atoms with Crippen molar-refractivity contribution in [3.63, 3.8) is 0 Å². The van der Waals surface area contributed by atoms with Crippen LogP contribution in [-0.2, 0) is 14.9 Å². The van der Waals surface area contributed by atoms with Crippen molar-refractivity contribution in [3.8, 4) is 0 Å². The van der Waals surface area contributed by atoms with Gasteiger partial charge in [0.2, 0.25) is 5.91 Å². The van der Waals surface area contributed by atoms with E-state index < -0.39 is 11.4 Å². The number of aliphatic hydroxyl groups excluding tert-OH is 1. The molecule has 0 bridgehead atoms. The summed E-state index contributed by atoms with van der Waals surface area (Å²) in [7, 11) is 0. The first-order chi connectivity index (χ1) is 11.9. The van der Waals surface area contributed by atoms with E-state index in [9.17, 15) is 14.7 Å². The SMILES string of the molecule is CCOC(=O)c1c(NC(C)=O)sc2c1C(C)(c1ccccc1)C=C2O. The fourth-order valence-electron chi connectivity index (χ4n) is 3.18. The van der Waals surface area contributed by atoms with Crippen LogP contribution in [0.5, 0.6) is 0 Å². The van der Waals surface area contributed by atoms with Crippen LogP contribution >= 0.6 is 11.3 Å². The van der Waals surface area contributed by atoms with Gasteiger partial charge in [-0.15, -0.1) is 11.3 Å². The standard InChI is InChI=1S/C19H19NO4S/c1-4-24-18(23)14-15-16(25-17(14)20-11(2)21)13(22)10-19(15,3)12-8-6-5-7-9-12/h5-10,22H,4H2,1-3H3,(H,20,21). The molecule has 1 aliphatic rings. The topological polar surface area (TPSA) is 75.6 Å². The maximum absolute atomic E-state index is 12.6. The average molecular weight is 357 g/mol. The van der Waals surface area contributed by atoms with Crippen LogP contribution in [0.1, 0.15) is 47.1 Å². The summed E-state index contributed by atoms with van der Waals surface area (Å²) in [6.07, 6.45) is 1.74. The molecule has 2 aromatic rings. The zero-order valence-corrected chi connectivity index (χ0v) is 15.1. The van der Waals surface area contributed by atoms with Crippen molar-refractivity contribution in [2.45, 2.75) is 26.2 Å². The van der Waals surface area contributed by atoms with Crippen LogP contribution in [0.3, 0.4) is 0 Å². The van der Waals surface area contributed by atoms with E-state index in [0.717, 1.165) is 5.56 Å². The lowest BCUT2D eigenvalue weighted by Crippen LogP contribution is -2.23. The van der Waals surface area contributed by atoms with Gasteiger partial charge in [0.1, 0.15) is 10.8 Å². The highest BCUT2D eigenvalue weighted by Gasteiger charge is 2.43. The van der Waals surface area contributed by atoms with E-state index >= 15 is 0 Å². The number of aliphatic hydroxyl groups is 1. The summed E-state index contributed by atoms with van der Waals surface area (Å²) in [6, 6.07) is 9.63. The van der Waals surface area contributed by atoms with Gasteiger partial charge in [0, 0.05) is 17.9 Å². The van der Waals surface area contributed by atoms with Crippen LogP contribution in [0.4, 0.5) is 5.00 Å². The molecule has 3 rings (SSSR count). The number of hydrogen-bond donors (Lipinski definition) is 2. The molecule has 1 aliphatic carbocycles. The number of nitrogens with one attached hydrogen (secondary N) is 1. The Hall–Kier alpha value is -2.60. The second kappa shape index (κ2) is 6.37. The quantitative estimate of drug-likeness (QED) is 0.808. The third-order valence-electron chi connectivity index (χ3n) is 4.23. The van der Waals surface area contributed by atoms with Gasteiger partial charge in [0.15, 0.2) is 0 Å². The van der Waals surface area contributed by atoms with E-state index in [1.54, 1.807) is 13.0 Å². The Balaban J connectivity index is 2.25.